The fourth-order valence-electron chi connectivity index (χ4n) is 1.15. The summed E-state index contributed by atoms with van der Waals surface area (Å²) in [6.07, 6.45) is -5.86. The number of anilines is 1. The molecule has 18 heavy (non-hydrogen) atoms. The number of halogens is 4. The first-order valence-electron chi connectivity index (χ1n) is 4.90. The zero-order valence-corrected chi connectivity index (χ0v) is 10.6. The van der Waals surface area contributed by atoms with E-state index in [9.17, 15) is 13.2 Å². The van der Waals surface area contributed by atoms with E-state index in [2.05, 4.69) is 26.0 Å². The van der Waals surface area contributed by atoms with Crippen molar-refractivity contribution in [3.05, 3.63) is 22.7 Å². The maximum Gasteiger partial charge on any atom is 0.573 e. The first-order valence-corrected chi connectivity index (χ1v) is 5.69. The van der Waals surface area contributed by atoms with E-state index >= 15 is 0 Å². The van der Waals surface area contributed by atoms with Gasteiger partial charge in [-0.25, -0.2) is 0 Å². The molecule has 1 aromatic carbocycles. The van der Waals surface area contributed by atoms with Crippen molar-refractivity contribution in [3.63, 3.8) is 0 Å². The molecule has 0 spiro atoms. The van der Waals surface area contributed by atoms with Gasteiger partial charge in [-0.15, -0.1) is 13.2 Å². The van der Waals surface area contributed by atoms with E-state index < -0.39 is 24.8 Å². The lowest BCUT2D eigenvalue weighted by atomic mass is 10.2. The highest BCUT2D eigenvalue weighted by Gasteiger charge is 2.32. The molecule has 0 aliphatic carbocycles. The Morgan fingerprint density at radius 3 is 2.61 bits per heavy atom. The van der Waals surface area contributed by atoms with Gasteiger partial charge in [0.15, 0.2) is 5.75 Å². The third-order valence-electron chi connectivity index (χ3n) is 1.91. The van der Waals surface area contributed by atoms with Crippen LogP contribution in [0.25, 0.3) is 0 Å². The van der Waals surface area contributed by atoms with E-state index in [1.807, 2.05) is 0 Å². The molecule has 1 rings (SSSR count). The Bertz CT molecular complexity index is 400. The Balaban J connectivity index is 2.83. The molecule has 0 amide bonds. The maximum atomic E-state index is 12.1. The van der Waals surface area contributed by atoms with Gasteiger partial charge in [0, 0.05) is 11.0 Å². The second kappa shape index (κ2) is 6.26. The molecule has 3 N–H and O–H groups in total. The molecule has 0 aliphatic heterocycles. The fraction of sp³-hybridized carbons (Fsp3) is 0.400. The summed E-state index contributed by atoms with van der Waals surface area (Å²) in [6.45, 7) is -0.586. The number of nitrogens with one attached hydrogen (secondary N) is 1. The molecule has 0 fully saturated rings. The average Bonchev–Trinajstić information content (AvgIpc) is 2.27. The molecule has 1 atom stereocenters. The molecule has 0 aliphatic rings. The molecule has 102 valence electrons. The van der Waals surface area contributed by atoms with Crippen LogP contribution in [-0.4, -0.2) is 35.8 Å². The molecular weight excluding hydrogens is 319 g/mol. The standard InChI is InChI=1S/C10H11BrF3NO3/c11-6-1-2-9(18-10(12,13)14)8(3-6)15-4-7(17)5-16/h1-3,7,15-17H,4-5H2. The van der Waals surface area contributed by atoms with Crippen molar-refractivity contribution in [1.29, 1.82) is 0 Å². The van der Waals surface area contributed by atoms with Crippen LogP contribution in [0, 0.1) is 0 Å². The third kappa shape index (κ3) is 5.11. The Hall–Kier alpha value is -0.990. The summed E-state index contributed by atoms with van der Waals surface area (Å²) in [5.74, 6) is -0.407. The molecule has 4 nitrogen and oxygen atoms in total. The Labute approximate surface area is 110 Å². The summed E-state index contributed by atoms with van der Waals surface area (Å²) < 4.78 is 40.8. The van der Waals surface area contributed by atoms with Crippen LogP contribution < -0.4 is 10.1 Å². The monoisotopic (exact) mass is 329 g/mol. The fourth-order valence-corrected chi connectivity index (χ4v) is 1.51. The van der Waals surface area contributed by atoms with E-state index in [4.69, 9.17) is 10.2 Å². The Morgan fingerprint density at radius 1 is 1.39 bits per heavy atom. The lowest BCUT2D eigenvalue weighted by Gasteiger charge is -2.16. The summed E-state index contributed by atoms with van der Waals surface area (Å²) in [5, 5.41) is 20.3. The van der Waals surface area contributed by atoms with Gasteiger partial charge in [-0.1, -0.05) is 15.9 Å². The minimum absolute atomic E-state index is 0.0641. The van der Waals surface area contributed by atoms with Crippen molar-refractivity contribution < 1.29 is 28.1 Å². The molecule has 0 heterocycles. The second-order valence-electron chi connectivity index (χ2n) is 3.41. The summed E-state index contributed by atoms with van der Waals surface area (Å²) in [7, 11) is 0. The normalized spacial score (nSPS) is 13.2. The second-order valence-corrected chi connectivity index (χ2v) is 4.32. The van der Waals surface area contributed by atoms with E-state index in [-0.39, 0.29) is 12.2 Å². The van der Waals surface area contributed by atoms with Crippen LogP contribution in [0.1, 0.15) is 0 Å². The molecule has 8 heteroatoms. The van der Waals surface area contributed by atoms with E-state index in [0.717, 1.165) is 6.07 Å². The molecule has 1 unspecified atom stereocenters. The minimum atomic E-state index is -4.79. The lowest BCUT2D eigenvalue weighted by Crippen LogP contribution is -2.24. The van der Waals surface area contributed by atoms with E-state index in [1.165, 1.54) is 12.1 Å². The van der Waals surface area contributed by atoms with E-state index in [0.29, 0.717) is 4.47 Å². The Morgan fingerprint density at radius 2 is 2.06 bits per heavy atom. The minimum Gasteiger partial charge on any atom is -0.404 e. The topological polar surface area (TPSA) is 61.7 Å². The van der Waals surface area contributed by atoms with Gasteiger partial charge < -0.3 is 20.3 Å². The highest BCUT2D eigenvalue weighted by Crippen LogP contribution is 2.32. The van der Waals surface area contributed by atoms with Gasteiger partial charge >= 0.3 is 6.36 Å². The number of rotatable bonds is 5. The van der Waals surface area contributed by atoms with Gasteiger partial charge in [-0.3, -0.25) is 0 Å². The SMILES string of the molecule is OCC(O)CNc1cc(Br)ccc1OC(F)(F)F. The average molecular weight is 330 g/mol. The molecule has 0 saturated heterocycles. The summed E-state index contributed by atoms with van der Waals surface area (Å²) in [6, 6.07) is 3.92. The summed E-state index contributed by atoms with van der Waals surface area (Å²) in [5.41, 5.74) is 0.0641. The van der Waals surface area contributed by atoms with Gasteiger partial charge in [0.25, 0.3) is 0 Å². The molecule has 0 saturated carbocycles. The number of hydrogen-bond acceptors (Lipinski definition) is 4. The van der Waals surface area contributed by atoms with Gasteiger partial charge in [-0.2, -0.15) is 0 Å². The largest absolute Gasteiger partial charge is 0.573 e. The van der Waals surface area contributed by atoms with Crippen LogP contribution in [0.5, 0.6) is 5.75 Å². The van der Waals surface area contributed by atoms with Crippen molar-refractivity contribution in [2.45, 2.75) is 12.5 Å². The summed E-state index contributed by atoms with van der Waals surface area (Å²) in [4.78, 5) is 0. The summed E-state index contributed by atoms with van der Waals surface area (Å²) >= 11 is 3.11. The first kappa shape index (κ1) is 15.1. The van der Waals surface area contributed by atoms with Gasteiger partial charge in [0.1, 0.15) is 0 Å². The van der Waals surface area contributed by atoms with Crippen molar-refractivity contribution in [1.82, 2.24) is 0 Å². The van der Waals surface area contributed by atoms with Crippen LogP contribution >= 0.6 is 15.9 Å². The highest BCUT2D eigenvalue weighted by atomic mass is 79.9. The van der Waals surface area contributed by atoms with Crippen LogP contribution in [-0.2, 0) is 0 Å². The zero-order chi connectivity index (χ0) is 13.8. The van der Waals surface area contributed by atoms with Crippen molar-refractivity contribution in [2.24, 2.45) is 0 Å². The van der Waals surface area contributed by atoms with Gasteiger partial charge in [-0.05, 0) is 18.2 Å². The van der Waals surface area contributed by atoms with Crippen LogP contribution in [0.2, 0.25) is 0 Å². The van der Waals surface area contributed by atoms with Crippen LogP contribution in [0.4, 0.5) is 18.9 Å². The van der Waals surface area contributed by atoms with Crippen molar-refractivity contribution in [3.8, 4) is 5.75 Å². The zero-order valence-electron chi connectivity index (χ0n) is 9.04. The number of aliphatic hydroxyl groups excluding tert-OH is 2. The quantitative estimate of drug-likeness (QED) is 0.774. The number of benzene rings is 1. The van der Waals surface area contributed by atoms with Crippen LogP contribution in [0.3, 0.4) is 0 Å². The van der Waals surface area contributed by atoms with Crippen molar-refractivity contribution >= 4 is 21.6 Å². The molecule has 0 bridgehead atoms. The number of hydrogen-bond donors (Lipinski definition) is 3. The number of alkyl halides is 3. The third-order valence-corrected chi connectivity index (χ3v) is 2.40. The number of aliphatic hydroxyl groups is 2. The van der Waals surface area contributed by atoms with Crippen LogP contribution in [0.15, 0.2) is 22.7 Å². The smallest absolute Gasteiger partial charge is 0.404 e. The Kier molecular flexibility index (Phi) is 5.24. The molecular formula is C10H11BrF3NO3. The number of ether oxygens (including phenoxy) is 1. The van der Waals surface area contributed by atoms with Gasteiger partial charge in [0.05, 0.1) is 18.4 Å². The molecule has 1 aromatic rings. The lowest BCUT2D eigenvalue weighted by molar-refractivity contribution is -0.274. The van der Waals surface area contributed by atoms with E-state index in [1.54, 1.807) is 0 Å². The highest BCUT2D eigenvalue weighted by molar-refractivity contribution is 9.10. The van der Waals surface area contributed by atoms with Gasteiger partial charge in [0.2, 0.25) is 0 Å². The molecule has 0 radical (unpaired) electrons. The maximum absolute atomic E-state index is 12.1. The predicted molar refractivity (Wildman–Crippen MR) is 62.4 cm³/mol. The molecule has 0 aromatic heterocycles. The predicted octanol–water partition coefficient (Wildman–Crippen LogP) is 2.11. The first-order chi connectivity index (χ1) is 8.31. The van der Waals surface area contributed by atoms with Crippen molar-refractivity contribution in [2.75, 3.05) is 18.5 Å².